The zero-order valence-electron chi connectivity index (χ0n) is 13.1. The summed E-state index contributed by atoms with van der Waals surface area (Å²) in [5.41, 5.74) is 0. The van der Waals surface area contributed by atoms with E-state index in [2.05, 4.69) is 34.4 Å². The van der Waals surface area contributed by atoms with Crippen LogP contribution >= 0.6 is 0 Å². The number of nitrogens with one attached hydrogen (secondary N) is 2. The molecule has 0 radical (unpaired) electrons. The third-order valence-corrected chi connectivity index (χ3v) is 3.48. The Hall–Kier alpha value is -0.980. The summed E-state index contributed by atoms with van der Waals surface area (Å²) >= 11 is 0. The van der Waals surface area contributed by atoms with Gasteiger partial charge in [-0.3, -0.25) is 4.99 Å². The molecule has 0 aromatic heterocycles. The largest absolute Gasteiger partial charge is 0.390 e. The molecule has 0 spiro atoms. The molecule has 0 bridgehead atoms. The van der Waals surface area contributed by atoms with E-state index in [-0.39, 0.29) is 12.6 Å². The van der Waals surface area contributed by atoms with Gasteiger partial charge in [-0.25, -0.2) is 0 Å². The smallest absolute Gasteiger partial charge is 0.356 e. The highest BCUT2D eigenvalue weighted by Gasteiger charge is 2.26. The highest BCUT2D eigenvalue weighted by molar-refractivity contribution is 5.79. The molecule has 0 atom stereocenters. The Morgan fingerprint density at radius 1 is 1.29 bits per heavy atom. The number of alkyl halides is 3. The van der Waals surface area contributed by atoms with Crippen molar-refractivity contribution < 1.29 is 13.2 Å². The van der Waals surface area contributed by atoms with Crippen molar-refractivity contribution in [2.45, 2.75) is 45.3 Å². The van der Waals surface area contributed by atoms with Crippen molar-refractivity contribution in [3.05, 3.63) is 0 Å². The van der Waals surface area contributed by atoms with E-state index >= 15 is 0 Å². The van der Waals surface area contributed by atoms with Crippen LogP contribution in [0.5, 0.6) is 0 Å². The minimum Gasteiger partial charge on any atom is -0.356 e. The van der Waals surface area contributed by atoms with E-state index in [0.29, 0.717) is 11.9 Å². The van der Waals surface area contributed by atoms with Crippen LogP contribution in [-0.4, -0.2) is 56.3 Å². The molecule has 1 fully saturated rings. The van der Waals surface area contributed by atoms with Crippen LogP contribution in [0.3, 0.4) is 0 Å². The van der Waals surface area contributed by atoms with Gasteiger partial charge in [0.05, 0.1) is 6.42 Å². The Balaban J connectivity index is 2.26. The minimum absolute atomic E-state index is 0.143. The van der Waals surface area contributed by atoms with Gasteiger partial charge < -0.3 is 15.5 Å². The molecule has 1 aliphatic heterocycles. The number of aliphatic imine (C=N–C) groups is 1. The lowest BCUT2D eigenvalue weighted by atomic mass is 10.0. The van der Waals surface area contributed by atoms with Gasteiger partial charge in [-0.1, -0.05) is 13.8 Å². The first kappa shape index (κ1) is 18.1. The molecule has 4 nitrogen and oxygen atoms in total. The zero-order chi connectivity index (χ0) is 15.9. The van der Waals surface area contributed by atoms with Crippen molar-refractivity contribution in [3.63, 3.8) is 0 Å². The average Bonchev–Trinajstić information content (AvgIpc) is 2.37. The van der Waals surface area contributed by atoms with Crippen LogP contribution in [0.15, 0.2) is 4.99 Å². The molecule has 1 aliphatic rings. The normalized spacial score (nSPS) is 19.1. The van der Waals surface area contributed by atoms with Gasteiger partial charge >= 0.3 is 6.18 Å². The molecule has 1 rings (SSSR count). The SMILES string of the molecule is CN=C(NCCC(F)(F)F)NC1CCN(CC(C)C)CC1. The summed E-state index contributed by atoms with van der Waals surface area (Å²) in [6.07, 6.45) is -2.99. The molecule has 0 unspecified atom stereocenters. The zero-order valence-corrected chi connectivity index (χ0v) is 13.1. The van der Waals surface area contributed by atoms with E-state index in [4.69, 9.17) is 0 Å². The summed E-state index contributed by atoms with van der Waals surface area (Å²) in [7, 11) is 1.58. The second-order valence-corrected chi connectivity index (χ2v) is 5.98. The van der Waals surface area contributed by atoms with Crippen molar-refractivity contribution >= 4 is 5.96 Å². The highest BCUT2D eigenvalue weighted by Crippen LogP contribution is 2.18. The van der Waals surface area contributed by atoms with Crippen molar-refractivity contribution in [1.82, 2.24) is 15.5 Å². The molecule has 2 N–H and O–H groups in total. The van der Waals surface area contributed by atoms with E-state index < -0.39 is 12.6 Å². The molecule has 0 aromatic rings. The predicted molar refractivity (Wildman–Crippen MR) is 79.5 cm³/mol. The molecular formula is C14H27F3N4. The van der Waals surface area contributed by atoms with E-state index in [1.165, 1.54) is 0 Å². The molecule has 124 valence electrons. The molecular weight excluding hydrogens is 281 g/mol. The quantitative estimate of drug-likeness (QED) is 0.604. The molecule has 7 heteroatoms. The number of rotatable bonds is 5. The second-order valence-electron chi connectivity index (χ2n) is 5.98. The lowest BCUT2D eigenvalue weighted by Gasteiger charge is -2.34. The Kier molecular flexibility index (Phi) is 7.28. The average molecular weight is 308 g/mol. The fourth-order valence-corrected chi connectivity index (χ4v) is 2.49. The predicted octanol–water partition coefficient (Wildman–Crippen LogP) is 2.22. The number of nitrogens with zero attached hydrogens (tertiary/aromatic N) is 2. The van der Waals surface area contributed by atoms with Gasteiger partial charge in [-0.2, -0.15) is 13.2 Å². The van der Waals surface area contributed by atoms with Crippen LogP contribution in [0, 0.1) is 5.92 Å². The van der Waals surface area contributed by atoms with E-state index in [9.17, 15) is 13.2 Å². The molecule has 1 saturated heterocycles. The number of likely N-dealkylation sites (tertiary alicyclic amines) is 1. The summed E-state index contributed by atoms with van der Waals surface area (Å²) < 4.78 is 36.3. The molecule has 1 heterocycles. The Bertz CT molecular complexity index is 321. The monoisotopic (exact) mass is 308 g/mol. The third kappa shape index (κ3) is 8.14. The first-order valence-electron chi connectivity index (χ1n) is 7.56. The van der Waals surface area contributed by atoms with E-state index in [1.54, 1.807) is 7.05 Å². The second kappa shape index (κ2) is 8.46. The maximum Gasteiger partial charge on any atom is 0.390 e. The number of piperidine rings is 1. The third-order valence-electron chi connectivity index (χ3n) is 3.48. The van der Waals surface area contributed by atoms with Crippen LogP contribution in [0.1, 0.15) is 33.1 Å². The summed E-state index contributed by atoms with van der Waals surface area (Å²) in [6.45, 7) is 7.42. The van der Waals surface area contributed by atoms with Crippen molar-refractivity contribution in [3.8, 4) is 0 Å². The van der Waals surface area contributed by atoms with Crippen molar-refractivity contribution in [2.24, 2.45) is 10.9 Å². The summed E-state index contributed by atoms with van der Waals surface area (Å²) in [5.74, 6) is 1.12. The fraction of sp³-hybridized carbons (Fsp3) is 0.929. The van der Waals surface area contributed by atoms with Crippen LogP contribution in [0.25, 0.3) is 0 Å². The highest BCUT2D eigenvalue weighted by atomic mass is 19.4. The first-order chi connectivity index (χ1) is 9.80. The number of guanidine groups is 1. The lowest BCUT2D eigenvalue weighted by molar-refractivity contribution is -0.132. The Morgan fingerprint density at radius 2 is 1.90 bits per heavy atom. The van der Waals surface area contributed by atoms with Crippen LogP contribution in [0.4, 0.5) is 13.2 Å². The molecule has 21 heavy (non-hydrogen) atoms. The van der Waals surface area contributed by atoms with Crippen molar-refractivity contribution in [2.75, 3.05) is 33.2 Å². The van der Waals surface area contributed by atoms with Crippen LogP contribution in [-0.2, 0) is 0 Å². The molecule has 0 saturated carbocycles. The van der Waals surface area contributed by atoms with Gasteiger partial charge in [0.2, 0.25) is 0 Å². The molecule has 0 amide bonds. The van der Waals surface area contributed by atoms with Crippen LogP contribution < -0.4 is 10.6 Å². The summed E-state index contributed by atoms with van der Waals surface area (Å²) in [5, 5.41) is 5.93. The maximum absolute atomic E-state index is 12.1. The fourth-order valence-electron chi connectivity index (χ4n) is 2.49. The van der Waals surface area contributed by atoms with Gasteiger partial charge in [0, 0.05) is 39.3 Å². The molecule has 0 aliphatic carbocycles. The summed E-state index contributed by atoms with van der Waals surface area (Å²) in [6, 6.07) is 0.283. The Morgan fingerprint density at radius 3 is 2.38 bits per heavy atom. The molecule has 0 aromatic carbocycles. The van der Waals surface area contributed by atoms with E-state index in [0.717, 1.165) is 32.5 Å². The minimum atomic E-state index is -4.13. The topological polar surface area (TPSA) is 39.7 Å². The number of halogens is 3. The van der Waals surface area contributed by atoms with Gasteiger partial charge in [-0.15, -0.1) is 0 Å². The van der Waals surface area contributed by atoms with Gasteiger partial charge in [0.25, 0.3) is 0 Å². The van der Waals surface area contributed by atoms with E-state index in [1.807, 2.05) is 0 Å². The van der Waals surface area contributed by atoms with Gasteiger partial charge in [0.15, 0.2) is 5.96 Å². The van der Waals surface area contributed by atoms with Gasteiger partial charge in [-0.05, 0) is 18.8 Å². The number of hydrogen-bond donors (Lipinski definition) is 2. The summed E-state index contributed by atoms with van der Waals surface area (Å²) in [4.78, 5) is 6.42. The first-order valence-corrected chi connectivity index (χ1v) is 7.56. The number of hydrogen-bond acceptors (Lipinski definition) is 2. The van der Waals surface area contributed by atoms with Crippen molar-refractivity contribution in [1.29, 1.82) is 0 Å². The van der Waals surface area contributed by atoms with Gasteiger partial charge in [0.1, 0.15) is 0 Å². The maximum atomic E-state index is 12.1. The lowest BCUT2D eigenvalue weighted by Crippen LogP contribution is -2.49. The Labute approximate surface area is 125 Å². The standard InChI is InChI=1S/C14H27F3N4/c1-11(2)10-21-8-4-12(5-9-21)20-13(18-3)19-7-6-14(15,16)17/h11-12H,4-10H2,1-3H3,(H2,18,19,20). The van der Waals surface area contributed by atoms with Crippen LogP contribution in [0.2, 0.25) is 0 Å².